The summed E-state index contributed by atoms with van der Waals surface area (Å²) in [4.78, 5) is 49.1. The number of fused-ring (bicyclic) bond motifs is 1. The van der Waals surface area contributed by atoms with Crippen LogP contribution >= 0.6 is 0 Å². The van der Waals surface area contributed by atoms with Crippen LogP contribution in [0.4, 0.5) is 5.69 Å². The standard InChI is InChI=1S/C14H13N3O4/c15-8-4-1-3-7-11(8)14(21)17(13(7)20)9-5-2-6-10(18)16-12(9)19/h1,3-4,9H,2,5-6,15H2,(H,16,18,19). The maximum Gasteiger partial charge on any atom is 0.264 e. The molecular formula is C14H13N3O4. The third-order valence-corrected chi connectivity index (χ3v) is 3.74. The van der Waals surface area contributed by atoms with Crippen molar-refractivity contribution in [3.05, 3.63) is 29.3 Å². The number of nitrogens with zero attached hydrogens (tertiary/aromatic N) is 1. The molecule has 2 heterocycles. The highest BCUT2D eigenvalue weighted by Crippen LogP contribution is 2.30. The number of nitrogens with one attached hydrogen (secondary N) is 1. The van der Waals surface area contributed by atoms with E-state index in [0.29, 0.717) is 6.42 Å². The Morgan fingerprint density at radius 2 is 1.90 bits per heavy atom. The van der Waals surface area contributed by atoms with Crippen molar-refractivity contribution < 1.29 is 19.2 Å². The lowest BCUT2D eigenvalue weighted by atomic mass is 10.1. The van der Waals surface area contributed by atoms with E-state index in [1.807, 2.05) is 0 Å². The van der Waals surface area contributed by atoms with Crippen molar-refractivity contribution in [3.63, 3.8) is 0 Å². The Balaban J connectivity index is 2.00. The average molecular weight is 287 g/mol. The van der Waals surface area contributed by atoms with Gasteiger partial charge in [0.05, 0.1) is 11.1 Å². The molecule has 0 spiro atoms. The van der Waals surface area contributed by atoms with Gasteiger partial charge in [-0.25, -0.2) is 0 Å². The molecular weight excluding hydrogens is 274 g/mol. The number of nitrogen functional groups attached to an aromatic ring is 1. The van der Waals surface area contributed by atoms with E-state index in [9.17, 15) is 19.2 Å². The predicted octanol–water partition coefficient (Wildman–Crippen LogP) is 0.0601. The van der Waals surface area contributed by atoms with Crippen LogP contribution in [0.5, 0.6) is 0 Å². The molecule has 2 aliphatic heterocycles. The van der Waals surface area contributed by atoms with Gasteiger partial charge in [0.1, 0.15) is 6.04 Å². The lowest BCUT2D eigenvalue weighted by molar-refractivity contribution is -0.131. The molecule has 4 amide bonds. The lowest BCUT2D eigenvalue weighted by Crippen LogP contribution is -2.49. The predicted molar refractivity (Wildman–Crippen MR) is 72.1 cm³/mol. The summed E-state index contributed by atoms with van der Waals surface area (Å²) < 4.78 is 0. The quantitative estimate of drug-likeness (QED) is 0.560. The SMILES string of the molecule is Nc1cccc2c1C(=O)N(C1CCCC(=O)NC1=O)C2=O. The van der Waals surface area contributed by atoms with Gasteiger partial charge in [-0.2, -0.15) is 0 Å². The Hall–Kier alpha value is -2.70. The van der Waals surface area contributed by atoms with Crippen molar-refractivity contribution in [2.75, 3.05) is 5.73 Å². The Bertz CT molecular complexity index is 683. The van der Waals surface area contributed by atoms with E-state index in [1.165, 1.54) is 12.1 Å². The molecule has 3 N–H and O–H groups in total. The summed E-state index contributed by atoms with van der Waals surface area (Å²) >= 11 is 0. The molecule has 0 aromatic heterocycles. The molecule has 7 heteroatoms. The molecule has 1 fully saturated rings. The molecule has 1 aromatic carbocycles. The number of rotatable bonds is 1. The van der Waals surface area contributed by atoms with E-state index in [1.54, 1.807) is 6.07 Å². The third kappa shape index (κ3) is 1.97. The van der Waals surface area contributed by atoms with Gasteiger partial charge in [-0.3, -0.25) is 29.4 Å². The maximum absolute atomic E-state index is 12.4. The summed E-state index contributed by atoms with van der Waals surface area (Å²) in [5.41, 5.74) is 6.28. The first-order valence-corrected chi connectivity index (χ1v) is 6.61. The Morgan fingerprint density at radius 1 is 1.14 bits per heavy atom. The summed E-state index contributed by atoms with van der Waals surface area (Å²) in [6.45, 7) is 0. The fraction of sp³-hybridized carbons (Fsp3) is 0.286. The van der Waals surface area contributed by atoms with Crippen LogP contribution in [0.3, 0.4) is 0 Å². The van der Waals surface area contributed by atoms with Gasteiger partial charge in [-0.1, -0.05) is 6.07 Å². The first kappa shape index (κ1) is 13.3. The van der Waals surface area contributed by atoms with Crippen LogP contribution < -0.4 is 11.1 Å². The van der Waals surface area contributed by atoms with Gasteiger partial charge in [0.15, 0.2) is 0 Å². The van der Waals surface area contributed by atoms with E-state index < -0.39 is 29.7 Å². The van der Waals surface area contributed by atoms with Gasteiger partial charge in [0, 0.05) is 12.1 Å². The average Bonchev–Trinajstić information content (AvgIpc) is 2.57. The van der Waals surface area contributed by atoms with Gasteiger partial charge in [-0.05, 0) is 25.0 Å². The van der Waals surface area contributed by atoms with Crippen LogP contribution in [0.25, 0.3) is 0 Å². The van der Waals surface area contributed by atoms with E-state index in [-0.39, 0.29) is 29.7 Å². The van der Waals surface area contributed by atoms with E-state index in [2.05, 4.69) is 5.32 Å². The zero-order valence-electron chi connectivity index (χ0n) is 11.1. The second-order valence-electron chi connectivity index (χ2n) is 5.07. The van der Waals surface area contributed by atoms with Gasteiger partial charge in [-0.15, -0.1) is 0 Å². The number of hydrogen-bond acceptors (Lipinski definition) is 5. The van der Waals surface area contributed by atoms with Crippen LogP contribution in [0.15, 0.2) is 18.2 Å². The number of anilines is 1. The number of nitrogens with two attached hydrogens (primary N) is 1. The molecule has 7 nitrogen and oxygen atoms in total. The smallest absolute Gasteiger partial charge is 0.264 e. The van der Waals surface area contributed by atoms with Crippen molar-refractivity contribution in [1.29, 1.82) is 0 Å². The molecule has 0 radical (unpaired) electrons. The minimum atomic E-state index is -0.969. The van der Waals surface area contributed by atoms with E-state index in [0.717, 1.165) is 4.90 Å². The zero-order chi connectivity index (χ0) is 15.1. The van der Waals surface area contributed by atoms with E-state index in [4.69, 9.17) is 5.73 Å². The second kappa shape index (κ2) is 4.69. The molecule has 0 bridgehead atoms. The molecule has 0 saturated carbocycles. The summed E-state index contributed by atoms with van der Waals surface area (Å²) in [6, 6.07) is 3.65. The largest absolute Gasteiger partial charge is 0.398 e. The monoisotopic (exact) mass is 287 g/mol. The summed E-state index contributed by atoms with van der Waals surface area (Å²) in [7, 11) is 0. The highest BCUT2D eigenvalue weighted by molar-refractivity contribution is 6.25. The number of benzene rings is 1. The number of amides is 4. The molecule has 3 rings (SSSR count). The van der Waals surface area contributed by atoms with E-state index >= 15 is 0 Å². The highest BCUT2D eigenvalue weighted by atomic mass is 16.2. The van der Waals surface area contributed by atoms with Gasteiger partial charge in [0.25, 0.3) is 11.8 Å². The Labute approximate surface area is 120 Å². The fourth-order valence-electron chi connectivity index (χ4n) is 2.73. The molecule has 1 saturated heterocycles. The molecule has 2 aliphatic rings. The van der Waals surface area contributed by atoms with Gasteiger partial charge >= 0.3 is 0 Å². The normalized spacial score (nSPS) is 22.1. The molecule has 1 unspecified atom stereocenters. The maximum atomic E-state index is 12.4. The minimum absolute atomic E-state index is 0.130. The number of carbonyl (C=O) groups excluding carboxylic acids is 4. The van der Waals surface area contributed by atoms with Gasteiger partial charge in [0.2, 0.25) is 11.8 Å². The van der Waals surface area contributed by atoms with Crippen LogP contribution in [-0.2, 0) is 9.59 Å². The zero-order valence-corrected chi connectivity index (χ0v) is 11.1. The minimum Gasteiger partial charge on any atom is -0.398 e. The molecule has 1 atom stereocenters. The van der Waals surface area contributed by atoms with Crippen molar-refractivity contribution in [2.24, 2.45) is 0 Å². The molecule has 0 aliphatic carbocycles. The third-order valence-electron chi connectivity index (χ3n) is 3.74. The second-order valence-corrected chi connectivity index (χ2v) is 5.07. The molecule has 21 heavy (non-hydrogen) atoms. The molecule has 108 valence electrons. The number of carbonyl (C=O) groups is 4. The topological polar surface area (TPSA) is 110 Å². The van der Waals surface area contributed by atoms with Crippen molar-refractivity contribution in [2.45, 2.75) is 25.3 Å². The number of imide groups is 2. The highest BCUT2D eigenvalue weighted by Gasteiger charge is 2.44. The summed E-state index contributed by atoms with van der Waals surface area (Å²) in [6.07, 6.45) is 0.904. The summed E-state index contributed by atoms with van der Waals surface area (Å²) in [5.74, 6) is -2.14. The number of hydrogen-bond donors (Lipinski definition) is 2. The fourth-order valence-corrected chi connectivity index (χ4v) is 2.73. The summed E-state index contributed by atoms with van der Waals surface area (Å²) in [5, 5.41) is 2.20. The van der Waals surface area contributed by atoms with Crippen LogP contribution in [0, 0.1) is 0 Å². The Kier molecular flexibility index (Phi) is 2.97. The first-order chi connectivity index (χ1) is 10.0. The van der Waals surface area contributed by atoms with Crippen LogP contribution in [-0.4, -0.2) is 34.6 Å². The van der Waals surface area contributed by atoms with Crippen LogP contribution in [0.1, 0.15) is 40.0 Å². The Morgan fingerprint density at radius 3 is 2.62 bits per heavy atom. The first-order valence-electron chi connectivity index (χ1n) is 6.61. The van der Waals surface area contributed by atoms with Crippen LogP contribution in [0.2, 0.25) is 0 Å². The van der Waals surface area contributed by atoms with Crippen molar-refractivity contribution in [3.8, 4) is 0 Å². The van der Waals surface area contributed by atoms with Crippen molar-refractivity contribution >= 4 is 29.3 Å². The van der Waals surface area contributed by atoms with Gasteiger partial charge < -0.3 is 5.73 Å². The lowest BCUT2D eigenvalue weighted by Gasteiger charge is -2.23. The molecule has 1 aromatic rings. The van der Waals surface area contributed by atoms with Crippen molar-refractivity contribution in [1.82, 2.24) is 10.2 Å².